The molecule has 0 aromatic heterocycles. The van der Waals surface area contributed by atoms with Crippen molar-refractivity contribution >= 4 is 5.91 Å². The third-order valence-electron chi connectivity index (χ3n) is 3.59. The number of hydrogen-bond donors (Lipinski definition) is 1. The molecule has 1 N–H and O–H groups in total. The van der Waals surface area contributed by atoms with Gasteiger partial charge in [0.25, 0.3) is 5.91 Å². The predicted molar refractivity (Wildman–Crippen MR) is 69.3 cm³/mol. The normalized spacial score (nSPS) is 18.0. The Bertz CT molecular complexity index is 378. The number of nitrogens with zero attached hydrogens (tertiary/aromatic N) is 1. The van der Waals surface area contributed by atoms with Crippen LogP contribution < -0.4 is 5.32 Å². The van der Waals surface area contributed by atoms with Crippen molar-refractivity contribution in [3.8, 4) is 0 Å². The Morgan fingerprint density at radius 1 is 1.24 bits per heavy atom. The molecular formula is C14H20N2O. The van der Waals surface area contributed by atoms with Crippen molar-refractivity contribution in [3.63, 3.8) is 0 Å². The van der Waals surface area contributed by atoms with E-state index in [1.54, 1.807) is 7.05 Å². The Labute approximate surface area is 103 Å². The van der Waals surface area contributed by atoms with Gasteiger partial charge >= 0.3 is 0 Å². The molecule has 1 aliphatic heterocycles. The zero-order chi connectivity index (χ0) is 12.3. The van der Waals surface area contributed by atoms with E-state index < -0.39 is 0 Å². The highest BCUT2D eigenvalue weighted by Gasteiger charge is 2.18. The van der Waals surface area contributed by atoms with Crippen molar-refractivity contribution in [1.82, 2.24) is 10.2 Å². The van der Waals surface area contributed by atoms with Gasteiger partial charge in [0.15, 0.2) is 0 Å². The standard InChI is InChI=1S/C14H20N2O/c1-15-14(17)13-5-3-11(4-6-13)12-7-9-16(2)10-8-12/h3-6,12H,7-10H2,1-2H3,(H,15,17). The summed E-state index contributed by atoms with van der Waals surface area (Å²) in [6.07, 6.45) is 2.44. The van der Waals surface area contributed by atoms with Crippen LogP contribution in [0.2, 0.25) is 0 Å². The van der Waals surface area contributed by atoms with Crippen molar-refractivity contribution in [3.05, 3.63) is 35.4 Å². The number of likely N-dealkylation sites (tertiary alicyclic amines) is 1. The SMILES string of the molecule is CNC(=O)c1ccc(C2CCN(C)CC2)cc1. The van der Waals surface area contributed by atoms with Crippen LogP contribution in [0, 0.1) is 0 Å². The number of nitrogens with one attached hydrogen (secondary N) is 1. The molecule has 0 spiro atoms. The maximum absolute atomic E-state index is 11.4. The molecule has 0 unspecified atom stereocenters. The summed E-state index contributed by atoms with van der Waals surface area (Å²) in [7, 11) is 3.83. The molecule has 3 nitrogen and oxygen atoms in total. The molecular weight excluding hydrogens is 212 g/mol. The van der Waals surface area contributed by atoms with Crippen LogP contribution in [0.15, 0.2) is 24.3 Å². The zero-order valence-corrected chi connectivity index (χ0v) is 10.6. The molecule has 1 amide bonds. The van der Waals surface area contributed by atoms with E-state index in [2.05, 4.69) is 29.4 Å². The van der Waals surface area contributed by atoms with Crippen LogP contribution in [-0.4, -0.2) is 38.0 Å². The number of benzene rings is 1. The van der Waals surface area contributed by atoms with Gasteiger partial charge in [0, 0.05) is 12.6 Å². The molecule has 1 fully saturated rings. The average molecular weight is 232 g/mol. The first-order valence-electron chi connectivity index (χ1n) is 6.21. The Morgan fingerprint density at radius 3 is 2.35 bits per heavy atom. The lowest BCUT2D eigenvalue weighted by molar-refractivity contribution is 0.0963. The molecule has 0 bridgehead atoms. The van der Waals surface area contributed by atoms with Gasteiger partial charge in [-0.25, -0.2) is 0 Å². The van der Waals surface area contributed by atoms with Crippen LogP contribution in [0.3, 0.4) is 0 Å². The average Bonchev–Trinajstić information content (AvgIpc) is 2.39. The quantitative estimate of drug-likeness (QED) is 0.844. The first-order valence-corrected chi connectivity index (χ1v) is 6.21. The van der Waals surface area contributed by atoms with Gasteiger partial charge in [-0.15, -0.1) is 0 Å². The van der Waals surface area contributed by atoms with Gasteiger partial charge in [-0.2, -0.15) is 0 Å². The van der Waals surface area contributed by atoms with E-state index in [0.29, 0.717) is 5.92 Å². The predicted octanol–water partition coefficient (Wildman–Crippen LogP) is 1.86. The molecule has 0 saturated carbocycles. The molecule has 2 rings (SSSR count). The first-order chi connectivity index (χ1) is 8.20. The highest BCUT2D eigenvalue weighted by Crippen LogP contribution is 2.27. The van der Waals surface area contributed by atoms with Crippen molar-refractivity contribution in [2.75, 3.05) is 27.2 Å². The molecule has 1 saturated heterocycles. The van der Waals surface area contributed by atoms with E-state index in [0.717, 1.165) is 5.56 Å². The fraction of sp³-hybridized carbons (Fsp3) is 0.500. The molecule has 0 radical (unpaired) electrons. The number of carbonyl (C=O) groups is 1. The second-order valence-corrected chi connectivity index (χ2v) is 4.78. The molecule has 17 heavy (non-hydrogen) atoms. The maximum Gasteiger partial charge on any atom is 0.251 e. The van der Waals surface area contributed by atoms with Gasteiger partial charge in [0.1, 0.15) is 0 Å². The summed E-state index contributed by atoms with van der Waals surface area (Å²) in [5, 5.41) is 2.64. The third kappa shape index (κ3) is 2.86. The van der Waals surface area contributed by atoms with Crippen LogP contribution in [0.5, 0.6) is 0 Å². The summed E-state index contributed by atoms with van der Waals surface area (Å²) in [5.41, 5.74) is 2.11. The van der Waals surface area contributed by atoms with Gasteiger partial charge in [0.05, 0.1) is 0 Å². The van der Waals surface area contributed by atoms with Crippen molar-refractivity contribution < 1.29 is 4.79 Å². The van der Waals surface area contributed by atoms with Gasteiger partial charge in [-0.3, -0.25) is 4.79 Å². The molecule has 0 aliphatic carbocycles. The van der Waals surface area contributed by atoms with E-state index >= 15 is 0 Å². The Morgan fingerprint density at radius 2 is 1.82 bits per heavy atom. The monoisotopic (exact) mass is 232 g/mol. The number of carbonyl (C=O) groups excluding carboxylic acids is 1. The second-order valence-electron chi connectivity index (χ2n) is 4.78. The smallest absolute Gasteiger partial charge is 0.251 e. The molecule has 92 valence electrons. The summed E-state index contributed by atoms with van der Waals surface area (Å²) in [4.78, 5) is 13.8. The van der Waals surface area contributed by atoms with E-state index in [9.17, 15) is 4.79 Å². The van der Waals surface area contributed by atoms with Crippen LogP contribution >= 0.6 is 0 Å². The van der Waals surface area contributed by atoms with Crippen LogP contribution in [-0.2, 0) is 0 Å². The summed E-state index contributed by atoms with van der Waals surface area (Å²) < 4.78 is 0. The van der Waals surface area contributed by atoms with Gasteiger partial charge in [0.2, 0.25) is 0 Å². The lowest BCUT2D eigenvalue weighted by atomic mass is 9.89. The minimum Gasteiger partial charge on any atom is -0.355 e. The van der Waals surface area contributed by atoms with Gasteiger partial charge < -0.3 is 10.2 Å². The van der Waals surface area contributed by atoms with E-state index in [1.165, 1.54) is 31.5 Å². The molecule has 1 aliphatic rings. The number of hydrogen-bond acceptors (Lipinski definition) is 2. The number of amides is 1. The maximum atomic E-state index is 11.4. The second kappa shape index (κ2) is 5.32. The zero-order valence-electron chi connectivity index (χ0n) is 10.6. The molecule has 3 heteroatoms. The van der Waals surface area contributed by atoms with Crippen LogP contribution in [0.1, 0.15) is 34.7 Å². The Kier molecular flexibility index (Phi) is 3.79. The lowest BCUT2D eigenvalue weighted by Crippen LogP contribution is -2.29. The van der Waals surface area contributed by atoms with E-state index in [4.69, 9.17) is 0 Å². The van der Waals surface area contributed by atoms with Crippen LogP contribution in [0.4, 0.5) is 0 Å². The molecule has 0 atom stereocenters. The van der Waals surface area contributed by atoms with Gasteiger partial charge in [-0.1, -0.05) is 12.1 Å². The fourth-order valence-corrected chi connectivity index (χ4v) is 2.39. The Balaban J connectivity index is 2.05. The Hall–Kier alpha value is -1.35. The third-order valence-corrected chi connectivity index (χ3v) is 3.59. The topological polar surface area (TPSA) is 32.3 Å². The number of rotatable bonds is 2. The highest BCUT2D eigenvalue weighted by atomic mass is 16.1. The van der Waals surface area contributed by atoms with Crippen molar-refractivity contribution in [2.24, 2.45) is 0 Å². The van der Waals surface area contributed by atoms with E-state index in [-0.39, 0.29) is 5.91 Å². The first kappa shape index (κ1) is 12.1. The molecule has 1 aromatic carbocycles. The lowest BCUT2D eigenvalue weighted by Gasteiger charge is -2.29. The minimum absolute atomic E-state index is 0.0140. The van der Waals surface area contributed by atoms with E-state index in [1.807, 2.05) is 12.1 Å². The molecule has 1 heterocycles. The summed E-state index contributed by atoms with van der Waals surface area (Å²) in [5.74, 6) is 0.643. The number of piperidine rings is 1. The summed E-state index contributed by atoms with van der Waals surface area (Å²) >= 11 is 0. The van der Waals surface area contributed by atoms with Crippen molar-refractivity contribution in [2.45, 2.75) is 18.8 Å². The minimum atomic E-state index is -0.0140. The summed E-state index contributed by atoms with van der Waals surface area (Å²) in [6.45, 7) is 2.34. The van der Waals surface area contributed by atoms with Crippen LogP contribution in [0.25, 0.3) is 0 Å². The largest absolute Gasteiger partial charge is 0.355 e. The summed E-state index contributed by atoms with van der Waals surface area (Å²) in [6, 6.07) is 8.04. The fourth-order valence-electron chi connectivity index (χ4n) is 2.39. The highest BCUT2D eigenvalue weighted by molar-refractivity contribution is 5.93. The van der Waals surface area contributed by atoms with Gasteiger partial charge in [-0.05, 0) is 56.6 Å². The van der Waals surface area contributed by atoms with Crippen molar-refractivity contribution in [1.29, 1.82) is 0 Å². The molecule has 1 aromatic rings.